The van der Waals surface area contributed by atoms with Crippen LogP contribution in [0.2, 0.25) is 0 Å². The summed E-state index contributed by atoms with van der Waals surface area (Å²) >= 11 is 4.82. The molecule has 0 amide bonds. The molecule has 2 atom stereocenters. The molecule has 0 aromatic heterocycles. The fraction of sp³-hybridized carbons (Fsp3) is 1.00. The van der Waals surface area contributed by atoms with Crippen molar-refractivity contribution in [2.45, 2.75) is 45.8 Å². The zero-order chi connectivity index (χ0) is 9.78. The summed E-state index contributed by atoms with van der Waals surface area (Å²) in [6, 6.07) is 0. The van der Waals surface area contributed by atoms with Crippen molar-refractivity contribution in [3.8, 4) is 0 Å². The molecular weight excluding hydrogens is 184 g/mol. The second-order valence-electron chi connectivity index (χ2n) is 4.06. The minimum absolute atomic E-state index is 0.611. The van der Waals surface area contributed by atoms with Crippen molar-refractivity contribution in [1.82, 2.24) is 0 Å². The van der Waals surface area contributed by atoms with Crippen molar-refractivity contribution >= 4 is 20.7 Å². The van der Waals surface area contributed by atoms with E-state index in [9.17, 15) is 0 Å². The van der Waals surface area contributed by atoms with E-state index in [0.717, 1.165) is 11.2 Å². The molecule has 0 radical (unpaired) electrons. The summed E-state index contributed by atoms with van der Waals surface area (Å²) in [7, 11) is -0.611. The minimum atomic E-state index is -0.611. The lowest BCUT2D eigenvalue weighted by atomic mass is 10.1. The van der Waals surface area contributed by atoms with E-state index in [1.165, 1.54) is 18.6 Å². The zero-order valence-corrected chi connectivity index (χ0v) is 10.8. The van der Waals surface area contributed by atoms with Gasteiger partial charge in [0.2, 0.25) is 0 Å². The van der Waals surface area contributed by atoms with Gasteiger partial charge in [0.25, 0.3) is 0 Å². The molecule has 0 aromatic rings. The van der Waals surface area contributed by atoms with Crippen LogP contribution in [0.25, 0.3) is 0 Å². The molecule has 0 saturated carbocycles. The molecule has 2 heteroatoms. The summed E-state index contributed by atoms with van der Waals surface area (Å²) in [5, 5.41) is 0.853. The molecule has 0 fully saturated rings. The molecule has 0 aliphatic heterocycles. The van der Waals surface area contributed by atoms with E-state index < -0.39 is 9.06 Å². The fourth-order valence-electron chi connectivity index (χ4n) is 1.49. The molecule has 0 aliphatic carbocycles. The predicted molar refractivity (Wildman–Crippen MR) is 66.6 cm³/mol. The monoisotopic (exact) mass is 208 g/mol. The standard InChI is InChI=1S/C10H24S2/c1-6-10(8-9(3)4)12(5,11)7-2/h9-11H,6-8H2,1-5H3. The molecular formula is C10H24S2. The number of hydrogen-bond acceptors (Lipinski definition) is 1. The van der Waals surface area contributed by atoms with Crippen LogP contribution in [0.5, 0.6) is 0 Å². The van der Waals surface area contributed by atoms with Gasteiger partial charge in [0.1, 0.15) is 0 Å². The average Bonchev–Trinajstić information content (AvgIpc) is 1.99. The van der Waals surface area contributed by atoms with E-state index in [4.69, 9.17) is 11.7 Å². The Morgan fingerprint density at radius 1 is 1.25 bits per heavy atom. The van der Waals surface area contributed by atoms with Crippen molar-refractivity contribution in [3.63, 3.8) is 0 Å². The molecule has 0 aliphatic rings. The Morgan fingerprint density at radius 2 is 1.75 bits per heavy atom. The van der Waals surface area contributed by atoms with E-state index in [1.807, 2.05) is 0 Å². The van der Waals surface area contributed by atoms with Crippen LogP contribution in [0.3, 0.4) is 0 Å². The van der Waals surface area contributed by atoms with Gasteiger partial charge in [-0.15, -0.1) is 11.7 Å². The molecule has 12 heavy (non-hydrogen) atoms. The van der Waals surface area contributed by atoms with Gasteiger partial charge in [-0.1, -0.05) is 27.7 Å². The molecule has 0 bridgehead atoms. The Balaban J connectivity index is 4.13. The molecule has 0 heterocycles. The van der Waals surface area contributed by atoms with Crippen molar-refractivity contribution in [2.75, 3.05) is 12.0 Å². The molecule has 0 saturated heterocycles. The zero-order valence-electron chi connectivity index (χ0n) is 9.13. The molecule has 0 rings (SSSR count). The van der Waals surface area contributed by atoms with Gasteiger partial charge in [-0.05, 0) is 36.0 Å². The smallest absolute Gasteiger partial charge is 0.00318 e. The van der Waals surface area contributed by atoms with Gasteiger partial charge in [-0.25, -0.2) is 0 Å². The fourth-order valence-corrected chi connectivity index (χ4v) is 4.19. The highest BCUT2D eigenvalue weighted by molar-refractivity contribution is 8.87. The second kappa shape index (κ2) is 5.43. The van der Waals surface area contributed by atoms with Crippen LogP contribution in [-0.2, 0) is 0 Å². The molecule has 76 valence electrons. The predicted octanol–water partition coefficient (Wildman–Crippen LogP) is 4.11. The van der Waals surface area contributed by atoms with Crippen LogP contribution in [-0.4, -0.2) is 17.3 Å². The van der Waals surface area contributed by atoms with Crippen molar-refractivity contribution in [3.05, 3.63) is 0 Å². The van der Waals surface area contributed by atoms with Gasteiger partial charge >= 0.3 is 0 Å². The van der Waals surface area contributed by atoms with Crippen LogP contribution in [0.15, 0.2) is 0 Å². The SMILES string of the molecule is CCC(CC(C)C)S(C)(S)CC. The van der Waals surface area contributed by atoms with Gasteiger partial charge in [0.15, 0.2) is 0 Å². The van der Waals surface area contributed by atoms with E-state index in [1.54, 1.807) is 0 Å². The van der Waals surface area contributed by atoms with Crippen LogP contribution in [0.1, 0.15) is 40.5 Å². The first-order valence-electron chi connectivity index (χ1n) is 4.91. The lowest BCUT2D eigenvalue weighted by molar-refractivity contribution is 0.558. The first-order valence-corrected chi connectivity index (χ1v) is 8.23. The third-order valence-corrected chi connectivity index (χ3v) is 7.29. The van der Waals surface area contributed by atoms with Crippen LogP contribution in [0, 0.1) is 5.92 Å². The summed E-state index contributed by atoms with van der Waals surface area (Å²) in [6.45, 7) is 9.18. The number of rotatable bonds is 5. The molecule has 0 aromatic carbocycles. The summed E-state index contributed by atoms with van der Waals surface area (Å²) in [5.74, 6) is 2.07. The maximum absolute atomic E-state index is 4.82. The van der Waals surface area contributed by atoms with Gasteiger partial charge in [-0.3, -0.25) is 0 Å². The molecule has 0 N–H and O–H groups in total. The van der Waals surface area contributed by atoms with Crippen molar-refractivity contribution in [2.24, 2.45) is 5.92 Å². The Bertz CT molecular complexity index is 119. The average molecular weight is 208 g/mol. The largest absolute Gasteiger partial charge is 0.196 e. The molecule has 0 spiro atoms. The topological polar surface area (TPSA) is 0 Å². The van der Waals surface area contributed by atoms with E-state index in [0.29, 0.717) is 0 Å². The van der Waals surface area contributed by atoms with Crippen LogP contribution < -0.4 is 0 Å². The Morgan fingerprint density at radius 3 is 2.00 bits per heavy atom. The third kappa shape index (κ3) is 4.08. The Labute approximate surface area is 84.6 Å². The Hall–Kier alpha value is 0.700. The first kappa shape index (κ1) is 12.7. The molecule has 2 unspecified atom stereocenters. The van der Waals surface area contributed by atoms with Crippen molar-refractivity contribution in [1.29, 1.82) is 0 Å². The van der Waals surface area contributed by atoms with E-state index in [2.05, 4.69) is 34.0 Å². The maximum atomic E-state index is 4.82. The Kier molecular flexibility index (Phi) is 5.75. The van der Waals surface area contributed by atoms with Crippen molar-refractivity contribution < 1.29 is 0 Å². The maximum Gasteiger partial charge on any atom is -0.00318 e. The lowest BCUT2D eigenvalue weighted by Gasteiger charge is -2.38. The van der Waals surface area contributed by atoms with E-state index >= 15 is 0 Å². The lowest BCUT2D eigenvalue weighted by Crippen LogP contribution is -2.16. The highest BCUT2D eigenvalue weighted by Gasteiger charge is 2.22. The molecule has 0 nitrogen and oxygen atoms in total. The summed E-state index contributed by atoms with van der Waals surface area (Å²) < 4.78 is 0. The summed E-state index contributed by atoms with van der Waals surface area (Å²) in [6.07, 6.45) is 4.99. The van der Waals surface area contributed by atoms with Gasteiger partial charge < -0.3 is 0 Å². The summed E-state index contributed by atoms with van der Waals surface area (Å²) in [5.41, 5.74) is 0. The first-order chi connectivity index (χ1) is 5.44. The van der Waals surface area contributed by atoms with Crippen LogP contribution >= 0.6 is 20.7 Å². The van der Waals surface area contributed by atoms with Gasteiger partial charge in [0, 0.05) is 0 Å². The third-order valence-electron chi connectivity index (χ3n) is 2.49. The van der Waals surface area contributed by atoms with Gasteiger partial charge in [0.05, 0.1) is 0 Å². The van der Waals surface area contributed by atoms with E-state index in [-0.39, 0.29) is 0 Å². The highest BCUT2D eigenvalue weighted by Crippen LogP contribution is 2.56. The second-order valence-corrected chi connectivity index (χ2v) is 10.0. The highest BCUT2D eigenvalue weighted by atomic mass is 33.1. The number of hydrogen-bond donors (Lipinski definition) is 1. The minimum Gasteiger partial charge on any atom is -0.196 e. The van der Waals surface area contributed by atoms with Gasteiger partial charge in [-0.2, -0.15) is 9.06 Å². The van der Waals surface area contributed by atoms with Crippen LogP contribution in [0.4, 0.5) is 0 Å². The normalized spacial score (nSPS) is 21.9. The quantitative estimate of drug-likeness (QED) is 0.510. The number of thiol groups is 1. The summed E-state index contributed by atoms with van der Waals surface area (Å²) in [4.78, 5) is 0.